The molecule has 0 saturated carbocycles. The SMILES string of the molecule is O=C(c1nn[nH]n1)N1CCCN(CC2CCCO2)CC1. The summed E-state index contributed by atoms with van der Waals surface area (Å²) in [6.45, 7) is 5.21. The zero-order chi connectivity index (χ0) is 13.8. The van der Waals surface area contributed by atoms with Crippen LogP contribution in [0.5, 0.6) is 0 Å². The Labute approximate surface area is 117 Å². The summed E-state index contributed by atoms with van der Waals surface area (Å²) in [6, 6.07) is 0. The summed E-state index contributed by atoms with van der Waals surface area (Å²) in [4.78, 5) is 16.4. The minimum absolute atomic E-state index is 0.141. The molecule has 1 unspecified atom stereocenters. The Morgan fingerprint density at radius 2 is 2.25 bits per heavy atom. The van der Waals surface area contributed by atoms with E-state index in [2.05, 4.69) is 25.5 Å². The summed E-state index contributed by atoms with van der Waals surface area (Å²) in [6.07, 6.45) is 3.66. The molecule has 1 aromatic heterocycles. The lowest BCUT2D eigenvalue weighted by Gasteiger charge is -2.23. The number of carbonyl (C=O) groups excluding carboxylic acids is 1. The molecule has 1 aromatic rings. The molecule has 0 spiro atoms. The van der Waals surface area contributed by atoms with Gasteiger partial charge in [0.05, 0.1) is 6.10 Å². The minimum atomic E-state index is -0.141. The third-order valence-corrected chi connectivity index (χ3v) is 3.90. The van der Waals surface area contributed by atoms with Gasteiger partial charge in [-0.3, -0.25) is 9.69 Å². The van der Waals surface area contributed by atoms with Gasteiger partial charge < -0.3 is 9.64 Å². The van der Waals surface area contributed by atoms with Gasteiger partial charge in [-0.2, -0.15) is 5.21 Å². The number of nitrogens with zero attached hydrogens (tertiary/aromatic N) is 5. The van der Waals surface area contributed by atoms with Crippen LogP contribution in [0.3, 0.4) is 0 Å². The lowest BCUT2D eigenvalue weighted by Crippen LogP contribution is -2.37. The Kier molecular flexibility index (Phi) is 4.22. The molecule has 20 heavy (non-hydrogen) atoms. The first-order valence-electron chi connectivity index (χ1n) is 7.19. The number of aromatic nitrogens is 4. The van der Waals surface area contributed by atoms with Crippen LogP contribution in [0.2, 0.25) is 0 Å². The molecule has 8 heteroatoms. The maximum atomic E-state index is 12.2. The van der Waals surface area contributed by atoms with E-state index in [9.17, 15) is 4.79 Å². The van der Waals surface area contributed by atoms with Crippen LogP contribution in [0, 0.1) is 0 Å². The van der Waals surface area contributed by atoms with E-state index < -0.39 is 0 Å². The molecule has 1 N–H and O–H groups in total. The summed E-state index contributed by atoms with van der Waals surface area (Å²) in [5.41, 5.74) is 0. The summed E-state index contributed by atoms with van der Waals surface area (Å²) in [5.74, 6) is 0.00953. The molecule has 2 aliphatic rings. The van der Waals surface area contributed by atoms with Crippen molar-refractivity contribution in [2.24, 2.45) is 0 Å². The number of ether oxygens (including phenoxy) is 1. The van der Waals surface area contributed by atoms with Gasteiger partial charge in [0.1, 0.15) is 0 Å². The molecule has 2 fully saturated rings. The Morgan fingerprint density at radius 3 is 3.00 bits per heavy atom. The van der Waals surface area contributed by atoms with Gasteiger partial charge in [0.2, 0.25) is 0 Å². The summed E-state index contributed by atoms with van der Waals surface area (Å²) in [5, 5.41) is 13.3. The monoisotopic (exact) mass is 280 g/mol. The fourth-order valence-corrected chi connectivity index (χ4v) is 2.83. The third kappa shape index (κ3) is 3.13. The van der Waals surface area contributed by atoms with E-state index in [1.54, 1.807) is 4.90 Å². The van der Waals surface area contributed by atoms with E-state index in [0.717, 1.165) is 45.6 Å². The summed E-state index contributed by atoms with van der Waals surface area (Å²) >= 11 is 0. The van der Waals surface area contributed by atoms with E-state index in [1.165, 1.54) is 6.42 Å². The largest absolute Gasteiger partial charge is 0.377 e. The average Bonchev–Trinajstić information content (AvgIpc) is 3.10. The number of tetrazole rings is 1. The number of rotatable bonds is 3. The van der Waals surface area contributed by atoms with Crippen LogP contribution < -0.4 is 0 Å². The second-order valence-electron chi connectivity index (χ2n) is 5.32. The quantitative estimate of drug-likeness (QED) is 0.805. The van der Waals surface area contributed by atoms with Crippen LogP contribution in [0.15, 0.2) is 0 Å². The van der Waals surface area contributed by atoms with Crippen LogP contribution in [-0.2, 0) is 4.74 Å². The number of amides is 1. The van der Waals surface area contributed by atoms with Gasteiger partial charge in [0.15, 0.2) is 0 Å². The van der Waals surface area contributed by atoms with Gasteiger partial charge in [-0.05, 0) is 31.0 Å². The number of nitrogens with one attached hydrogen (secondary N) is 1. The van der Waals surface area contributed by atoms with E-state index in [1.807, 2.05) is 0 Å². The fourth-order valence-electron chi connectivity index (χ4n) is 2.83. The molecule has 0 radical (unpaired) electrons. The van der Waals surface area contributed by atoms with Crippen molar-refractivity contribution >= 4 is 5.91 Å². The highest BCUT2D eigenvalue weighted by molar-refractivity contribution is 5.90. The van der Waals surface area contributed by atoms with Gasteiger partial charge in [0, 0.05) is 32.8 Å². The Bertz CT molecular complexity index is 431. The van der Waals surface area contributed by atoms with Gasteiger partial charge in [-0.1, -0.05) is 0 Å². The molecule has 2 aliphatic heterocycles. The standard InChI is InChI=1S/C12H20N6O2/c19-12(11-13-15-16-14-11)18-5-2-4-17(6-7-18)9-10-3-1-8-20-10/h10H,1-9H2,(H,13,14,15,16). The lowest BCUT2D eigenvalue weighted by molar-refractivity contribution is 0.0698. The van der Waals surface area contributed by atoms with E-state index in [-0.39, 0.29) is 11.7 Å². The van der Waals surface area contributed by atoms with Crippen molar-refractivity contribution < 1.29 is 9.53 Å². The van der Waals surface area contributed by atoms with Crippen molar-refractivity contribution in [2.45, 2.75) is 25.4 Å². The van der Waals surface area contributed by atoms with Gasteiger partial charge >= 0.3 is 0 Å². The van der Waals surface area contributed by atoms with E-state index >= 15 is 0 Å². The molecule has 8 nitrogen and oxygen atoms in total. The molecule has 110 valence electrons. The Hall–Kier alpha value is -1.54. The van der Waals surface area contributed by atoms with Crippen molar-refractivity contribution in [1.82, 2.24) is 30.4 Å². The van der Waals surface area contributed by atoms with Crippen molar-refractivity contribution in [3.05, 3.63) is 5.82 Å². The molecular formula is C12H20N6O2. The Morgan fingerprint density at radius 1 is 1.30 bits per heavy atom. The van der Waals surface area contributed by atoms with Crippen LogP contribution in [-0.4, -0.2) is 81.8 Å². The second kappa shape index (κ2) is 6.27. The topological polar surface area (TPSA) is 87.2 Å². The van der Waals surface area contributed by atoms with Crippen LogP contribution in [0.4, 0.5) is 0 Å². The predicted octanol–water partition coefficient (Wildman–Crippen LogP) is -0.473. The summed E-state index contributed by atoms with van der Waals surface area (Å²) < 4.78 is 5.68. The first-order valence-corrected chi connectivity index (χ1v) is 7.19. The number of hydrogen-bond acceptors (Lipinski definition) is 6. The van der Waals surface area contributed by atoms with Crippen LogP contribution in [0.25, 0.3) is 0 Å². The maximum Gasteiger partial charge on any atom is 0.295 e. The molecule has 3 heterocycles. The molecule has 0 aliphatic carbocycles. The Balaban J connectivity index is 1.52. The van der Waals surface area contributed by atoms with E-state index in [0.29, 0.717) is 12.6 Å². The normalized spacial score (nSPS) is 24.8. The van der Waals surface area contributed by atoms with Crippen LogP contribution in [0.1, 0.15) is 29.9 Å². The minimum Gasteiger partial charge on any atom is -0.377 e. The second-order valence-corrected chi connectivity index (χ2v) is 5.32. The zero-order valence-corrected chi connectivity index (χ0v) is 11.5. The smallest absolute Gasteiger partial charge is 0.295 e. The highest BCUT2D eigenvalue weighted by Crippen LogP contribution is 2.15. The maximum absolute atomic E-state index is 12.2. The van der Waals surface area contributed by atoms with Crippen molar-refractivity contribution in [2.75, 3.05) is 39.3 Å². The van der Waals surface area contributed by atoms with Gasteiger partial charge in [0.25, 0.3) is 11.7 Å². The first-order chi connectivity index (χ1) is 9.83. The summed E-state index contributed by atoms with van der Waals surface area (Å²) in [7, 11) is 0. The number of H-pyrrole nitrogens is 1. The van der Waals surface area contributed by atoms with Crippen molar-refractivity contribution in [3.8, 4) is 0 Å². The zero-order valence-electron chi connectivity index (χ0n) is 11.5. The highest BCUT2D eigenvalue weighted by atomic mass is 16.5. The molecule has 1 atom stereocenters. The first kappa shape index (κ1) is 13.4. The molecule has 0 aromatic carbocycles. The predicted molar refractivity (Wildman–Crippen MR) is 70.1 cm³/mol. The van der Waals surface area contributed by atoms with Gasteiger partial charge in [-0.25, -0.2) is 0 Å². The van der Waals surface area contributed by atoms with Gasteiger partial charge in [-0.15, -0.1) is 10.2 Å². The molecule has 3 rings (SSSR count). The van der Waals surface area contributed by atoms with Crippen LogP contribution >= 0.6 is 0 Å². The highest BCUT2D eigenvalue weighted by Gasteiger charge is 2.25. The van der Waals surface area contributed by atoms with Crippen molar-refractivity contribution in [3.63, 3.8) is 0 Å². The molecule has 2 saturated heterocycles. The third-order valence-electron chi connectivity index (χ3n) is 3.90. The molecule has 0 bridgehead atoms. The lowest BCUT2D eigenvalue weighted by atomic mass is 10.2. The number of aromatic amines is 1. The number of hydrogen-bond donors (Lipinski definition) is 1. The number of carbonyl (C=O) groups is 1. The van der Waals surface area contributed by atoms with Crippen molar-refractivity contribution in [1.29, 1.82) is 0 Å². The van der Waals surface area contributed by atoms with E-state index in [4.69, 9.17) is 4.74 Å². The molecular weight excluding hydrogens is 260 g/mol. The fraction of sp³-hybridized carbons (Fsp3) is 0.833. The average molecular weight is 280 g/mol. The molecule has 1 amide bonds.